The summed E-state index contributed by atoms with van der Waals surface area (Å²) in [6.07, 6.45) is 22.1. The third kappa shape index (κ3) is 40.6. The maximum absolute atomic E-state index is 12.2. The van der Waals surface area contributed by atoms with Crippen molar-refractivity contribution in [3.63, 3.8) is 0 Å². The Bertz CT molecular complexity index is 847. The van der Waals surface area contributed by atoms with Crippen molar-refractivity contribution in [2.24, 2.45) is 0 Å². The van der Waals surface area contributed by atoms with E-state index < -0.39 is 44.1 Å². The molecule has 0 fully saturated rings. The van der Waals surface area contributed by atoms with E-state index in [0.717, 1.165) is 38.5 Å². The molecule has 13 nitrogen and oxygen atoms in total. The molecule has 15 heteroatoms. The number of hydrogen-bond donors (Lipinski definition) is 5. The molecule has 0 aliphatic rings. The Morgan fingerprint density at radius 2 is 0.814 bits per heavy atom. The van der Waals surface area contributed by atoms with Crippen LogP contribution in [0, 0.1) is 0 Å². The van der Waals surface area contributed by atoms with Gasteiger partial charge in [0, 0.05) is 0 Å². The summed E-state index contributed by atoms with van der Waals surface area (Å²) < 4.78 is 74.3. The predicted molar refractivity (Wildman–Crippen MR) is 170 cm³/mol. The van der Waals surface area contributed by atoms with Crippen LogP contribution in [0.4, 0.5) is 0 Å². The van der Waals surface area contributed by atoms with E-state index in [-0.39, 0.29) is 25.5 Å². The van der Waals surface area contributed by atoms with Crippen LogP contribution in [-0.4, -0.2) is 60.9 Å². The molecule has 1 atom stereocenters. The maximum atomic E-state index is 12.2. The highest BCUT2D eigenvalue weighted by Crippen LogP contribution is 2.13. The van der Waals surface area contributed by atoms with Gasteiger partial charge in [-0.25, -0.2) is 0 Å². The van der Waals surface area contributed by atoms with Crippen molar-refractivity contribution in [2.75, 3.05) is 13.2 Å². The molecular weight excluding hydrogens is 604 g/mol. The van der Waals surface area contributed by atoms with Gasteiger partial charge in [0.15, 0.2) is 5.25 Å². The highest BCUT2D eigenvalue weighted by atomic mass is 32.3. The van der Waals surface area contributed by atoms with Crippen LogP contribution in [0.1, 0.15) is 149 Å². The minimum atomic E-state index is -4.75. The number of rotatable bonds is 26. The van der Waals surface area contributed by atoms with E-state index in [9.17, 15) is 22.6 Å². The number of unbranched alkanes of at least 4 members (excludes halogenated alkanes) is 18. The minimum absolute atomic E-state index is 0. The lowest BCUT2D eigenvalue weighted by Crippen LogP contribution is -2.34. The van der Waals surface area contributed by atoms with E-state index in [4.69, 9.17) is 27.0 Å². The van der Waals surface area contributed by atoms with Crippen LogP contribution in [0.2, 0.25) is 0 Å². The first-order valence-electron chi connectivity index (χ1n) is 15.3. The third-order valence-electron chi connectivity index (χ3n) is 6.48. The molecule has 0 aliphatic carbocycles. The number of carbonyl (C=O) groups excluding carboxylic acids is 2. The van der Waals surface area contributed by atoms with E-state index in [2.05, 4.69) is 13.8 Å². The monoisotopic (exact) mass is 666 g/mol. The number of esters is 2. The molecule has 0 heterocycles. The number of ether oxygens (including phenoxy) is 2. The molecule has 9 N–H and O–H groups in total. The summed E-state index contributed by atoms with van der Waals surface area (Å²) in [7, 11) is -9.42. The summed E-state index contributed by atoms with van der Waals surface area (Å²) in [5, 5.41) is -1.93. The molecule has 1 unspecified atom stereocenters. The van der Waals surface area contributed by atoms with Crippen LogP contribution in [-0.2, 0) is 39.6 Å². The standard InChI is InChI=1S/C28H54O7S.2H3N.H2O4S/c1-3-5-7-9-11-13-15-17-19-21-23-34-27(29)25-26(36(31,32)33)28(30)35-24-22-20-18-16-14-12-10-8-6-4-2;;;1-5(2,3)4/h26H,3-25H2,1-2H3,(H,31,32,33);2*1H3;(H2,1,2,3,4). The van der Waals surface area contributed by atoms with E-state index >= 15 is 0 Å². The highest BCUT2D eigenvalue weighted by Gasteiger charge is 2.35. The van der Waals surface area contributed by atoms with Crippen molar-refractivity contribution in [1.29, 1.82) is 0 Å². The second-order valence-electron chi connectivity index (χ2n) is 10.4. The molecule has 0 rings (SSSR count). The van der Waals surface area contributed by atoms with Gasteiger partial charge < -0.3 is 21.8 Å². The molecule has 0 aromatic heterocycles. The average Bonchev–Trinajstić information content (AvgIpc) is 2.87. The Balaban J connectivity index is -0.000000996. The SMILES string of the molecule is CCCCCCCCCCCCOC(=O)CC(C(=O)OCCCCCCCCCCCC)S(=O)(=O)O.N.N.O=S(=O)(O)O. The van der Waals surface area contributed by atoms with E-state index in [1.54, 1.807) is 0 Å². The van der Waals surface area contributed by atoms with Crippen molar-refractivity contribution in [3.8, 4) is 0 Å². The summed E-state index contributed by atoms with van der Waals surface area (Å²) in [6.45, 7) is 4.67. The molecular formula is C28H62N2O11S2. The third-order valence-corrected chi connectivity index (χ3v) is 7.56. The van der Waals surface area contributed by atoms with Gasteiger partial charge >= 0.3 is 22.3 Å². The van der Waals surface area contributed by atoms with Gasteiger partial charge in [0.25, 0.3) is 10.1 Å². The number of carbonyl (C=O) groups is 2. The summed E-state index contributed by atoms with van der Waals surface area (Å²) in [5.41, 5.74) is 0. The Labute approximate surface area is 261 Å². The van der Waals surface area contributed by atoms with Crippen molar-refractivity contribution in [1.82, 2.24) is 12.3 Å². The van der Waals surface area contributed by atoms with Gasteiger partial charge in [-0.3, -0.25) is 23.2 Å². The van der Waals surface area contributed by atoms with Gasteiger partial charge in [0.1, 0.15) is 0 Å². The maximum Gasteiger partial charge on any atom is 0.394 e. The fourth-order valence-corrected chi connectivity index (χ4v) is 4.81. The zero-order valence-corrected chi connectivity index (χ0v) is 28.3. The quantitative estimate of drug-likeness (QED) is 0.0347. The van der Waals surface area contributed by atoms with Crippen molar-refractivity contribution < 1.29 is 49.6 Å². The van der Waals surface area contributed by atoms with Crippen molar-refractivity contribution in [3.05, 3.63) is 0 Å². The summed E-state index contributed by atoms with van der Waals surface area (Å²) >= 11 is 0. The van der Waals surface area contributed by atoms with Gasteiger partial charge in [-0.1, -0.05) is 129 Å². The molecule has 0 saturated carbocycles. The molecule has 0 saturated heterocycles. The Morgan fingerprint density at radius 3 is 1.12 bits per heavy atom. The molecule has 262 valence electrons. The highest BCUT2D eigenvalue weighted by molar-refractivity contribution is 7.87. The molecule has 0 radical (unpaired) electrons. The smallest absolute Gasteiger partial charge is 0.394 e. The van der Waals surface area contributed by atoms with Crippen LogP contribution < -0.4 is 12.3 Å². The van der Waals surface area contributed by atoms with Gasteiger partial charge in [0.05, 0.1) is 19.6 Å². The number of hydrogen-bond acceptors (Lipinski definition) is 10. The molecule has 0 aliphatic heterocycles. The normalized spacial score (nSPS) is 11.7. The molecule has 0 bridgehead atoms. The molecule has 0 aromatic carbocycles. The van der Waals surface area contributed by atoms with Crippen molar-refractivity contribution >= 4 is 32.5 Å². The zero-order chi connectivity index (χ0) is 31.4. The summed E-state index contributed by atoms with van der Waals surface area (Å²) in [4.78, 5) is 24.2. The summed E-state index contributed by atoms with van der Waals surface area (Å²) in [5.74, 6) is -1.91. The van der Waals surface area contributed by atoms with Gasteiger partial charge in [-0.05, 0) is 12.8 Å². The predicted octanol–water partition coefficient (Wildman–Crippen LogP) is 7.23. The Hall–Kier alpha value is -1.36. The lowest BCUT2D eigenvalue weighted by atomic mass is 10.1. The second kappa shape index (κ2) is 32.0. The minimum Gasteiger partial charge on any atom is -0.466 e. The van der Waals surface area contributed by atoms with Gasteiger partial charge in [0.2, 0.25) is 0 Å². The Kier molecular flexibility index (Phi) is 36.2. The van der Waals surface area contributed by atoms with Crippen LogP contribution in [0.15, 0.2) is 0 Å². The van der Waals surface area contributed by atoms with Gasteiger partial charge in [-0.2, -0.15) is 16.8 Å². The summed E-state index contributed by atoms with van der Waals surface area (Å²) in [6, 6.07) is 0. The first kappa shape index (κ1) is 48.5. The topological polar surface area (TPSA) is 252 Å². The zero-order valence-electron chi connectivity index (χ0n) is 26.7. The van der Waals surface area contributed by atoms with E-state index in [0.29, 0.717) is 12.8 Å². The molecule has 43 heavy (non-hydrogen) atoms. The van der Waals surface area contributed by atoms with Crippen LogP contribution >= 0.6 is 0 Å². The largest absolute Gasteiger partial charge is 0.466 e. The van der Waals surface area contributed by atoms with Crippen LogP contribution in [0.25, 0.3) is 0 Å². The fraction of sp³-hybridized carbons (Fsp3) is 0.929. The van der Waals surface area contributed by atoms with Gasteiger partial charge in [-0.15, -0.1) is 0 Å². The lowest BCUT2D eigenvalue weighted by molar-refractivity contribution is -0.150. The Morgan fingerprint density at radius 1 is 0.535 bits per heavy atom. The molecule has 0 amide bonds. The van der Waals surface area contributed by atoms with Crippen molar-refractivity contribution in [2.45, 2.75) is 154 Å². The first-order valence-corrected chi connectivity index (χ1v) is 18.2. The molecule has 0 aromatic rings. The van der Waals surface area contributed by atoms with Crippen LogP contribution in [0.5, 0.6) is 0 Å². The first-order chi connectivity index (χ1) is 19.3. The van der Waals surface area contributed by atoms with Crippen LogP contribution in [0.3, 0.4) is 0 Å². The average molecular weight is 667 g/mol. The molecule has 0 spiro atoms. The lowest BCUT2D eigenvalue weighted by Gasteiger charge is -2.13. The second-order valence-corrected chi connectivity index (χ2v) is 12.9. The fourth-order valence-electron chi connectivity index (χ4n) is 4.15. The van der Waals surface area contributed by atoms with E-state index in [1.165, 1.54) is 77.0 Å². The van der Waals surface area contributed by atoms with E-state index in [1.807, 2.05) is 0 Å².